The molecule has 1 aromatic carbocycles. The van der Waals surface area contributed by atoms with Gasteiger partial charge in [-0.2, -0.15) is 0 Å². The summed E-state index contributed by atoms with van der Waals surface area (Å²) in [5.74, 6) is -1.11. The molecule has 2 amide bonds. The standard InChI is InChI=1S/C16H21BrN2O4/c1-3-9-18-15(21)11(2)23-14(20)8-10-19-16(22)12-4-6-13(17)7-5-12/h4-7,11H,3,8-10H2,1-2H3,(H,18,21)(H,19,22)/t11-/m0/s1. The van der Waals surface area contributed by atoms with Crippen LogP contribution in [-0.4, -0.2) is 37.0 Å². The minimum Gasteiger partial charge on any atom is -0.452 e. The highest BCUT2D eigenvalue weighted by molar-refractivity contribution is 9.10. The zero-order chi connectivity index (χ0) is 17.2. The van der Waals surface area contributed by atoms with Crippen LogP contribution in [0.4, 0.5) is 0 Å². The second kappa shape index (κ2) is 9.99. The molecule has 0 heterocycles. The Hall–Kier alpha value is -1.89. The van der Waals surface area contributed by atoms with Gasteiger partial charge in [0.05, 0.1) is 6.42 Å². The molecular formula is C16H21BrN2O4. The van der Waals surface area contributed by atoms with Gasteiger partial charge in [0.25, 0.3) is 11.8 Å². The van der Waals surface area contributed by atoms with Gasteiger partial charge in [-0.1, -0.05) is 22.9 Å². The highest BCUT2D eigenvalue weighted by atomic mass is 79.9. The molecule has 0 aromatic heterocycles. The smallest absolute Gasteiger partial charge is 0.308 e. The van der Waals surface area contributed by atoms with E-state index in [0.29, 0.717) is 12.1 Å². The second-order valence-electron chi connectivity index (χ2n) is 4.94. The summed E-state index contributed by atoms with van der Waals surface area (Å²) in [6.07, 6.45) is -0.0152. The van der Waals surface area contributed by atoms with E-state index >= 15 is 0 Å². The van der Waals surface area contributed by atoms with Crippen LogP contribution in [0.1, 0.15) is 37.0 Å². The zero-order valence-electron chi connectivity index (χ0n) is 13.2. The van der Waals surface area contributed by atoms with Gasteiger partial charge in [0.2, 0.25) is 0 Å². The molecular weight excluding hydrogens is 364 g/mol. The molecule has 0 radical (unpaired) electrons. The topological polar surface area (TPSA) is 84.5 Å². The Morgan fingerprint density at radius 2 is 1.78 bits per heavy atom. The molecule has 126 valence electrons. The van der Waals surface area contributed by atoms with Crippen molar-refractivity contribution in [1.82, 2.24) is 10.6 Å². The van der Waals surface area contributed by atoms with Crippen LogP contribution < -0.4 is 10.6 Å². The summed E-state index contributed by atoms with van der Waals surface area (Å²) >= 11 is 3.29. The monoisotopic (exact) mass is 384 g/mol. The Labute approximate surface area is 144 Å². The van der Waals surface area contributed by atoms with Crippen LogP contribution in [0.2, 0.25) is 0 Å². The van der Waals surface area contributed by atoms with E-state index in [4.69, 9.17) is 4.74 Å². The molecule has 6 nitrogen and oxygen atoms in total. The highest BCUT2D eigenvalue weighted by Crippen LogP contribution is 2.10. The zero-order valence-corrected chi connectivity index (χ0v) is 14.8. The van der Waals surface area contributed by atoms with Crippen LogP contribution in [0.25, 0.3) is 0 Å². The first-order valence-electron chi connectivity index (χ1n) is 7.45. The Morgan fingerprint density at radius 1 is 1.13 bits per heavy atom. The highest BCUT2D eigenvalue weighted by Gasteiger charge is 2.17. The quantitative estimate of drug-likeness (QED) is 0.671. The minimum atomic E-state index is -0.837. The van der Waals surface area contributed by atoms with E-state index in [-0.39, 0.29) is 24.8 Å². The number of ether oxygens (including phenoxy) is 1. The van der Waals surface area contributed by atoms with Crippen molar-refractivity contribution in [3.8, 4) is 0 Å². The van der Waals surface area contributed by atoms with Crippen LogP contribution in [0.3, 0.4) is 0 Å². The van der Waals surface area contributed by atoms with E-state index in [1.54, 1.807) is 24.3 Å². The van der Waals surface area contributed by atoms with Gasteiger partial charge >= 0.3 is 5.97 Å². The molecule has 0 fully saturated rings. The molecule has 1 rings (SSSR count). The second-order valence-corrected chi connectivity index (χ2v) is 5.85. The van der Waals surface area contributed by atoms with Crippen molar-refractivity contribution in [1.29, 1.82) is 0 Å². The third-order valence-corrected chi connectivity index (χ3v) is 3.48. The van der Waals surface area contributed by atoms with Gasteiger partial charge in [0.15, 0.2) is 6.10 Å². The van der Waals surface area contributed by atoms with Crippen LogP contribution in [0.5, 0.6) is 0 Å². The molecule has 0 aliphatic rings. The lowest BCUT2D eigenvalue weighted by Gasteiger charge is -2.13. The molecule has 23 heavy (non-hydrogen) atoms. The molecule has 1 aromatic rings. The average Bonchev–Trinajstić information content (AvgIpc) is 2.52. The molecule has 0 aliphatic carbocycles. The van der Waals surface area contributed by atoms with E-state index in [9.17, 15) is 14.4 Å². The van der Waals surface area contributed by atoms with Gasteiger partial charge in [0.1, 0.15) is 0 Å². The van der Waals surface area contributed by atoms with Gasteiger partial charge in [0, 0.05) is 23.1 Å². The lowest BCUT2D eigenvalue weighted by molar-refractivity contribution is -0.154. The maximum Gasteiger partial charge on any atom is 0.308 e. The number of hydrogen-bond acceptors (Lipinski definition) is 4. The van der Waals surface area contributed by atoms with E-state index < -0.39 is 12.1 Å². The first-order valence-corrected chi connectivity index (χ1v) is 8.24. The summed E-state index contributed by atoms with van der Waals surface area (Å²) in [5, 5.41) is 5.28. The van der Waals surface area contributed by atoms with Gasteiger partial charge < -0.3 is 15.4 Å². The molecule has 0 spiro atoms. The number of carbonyl (C=O) groups excluding carboxylic acids is 3. The third kappa shape index (κ3) is 7.27. The number of esters is 1. The predicted molar refractivity (Wildman–Crippen MR) is 89.9 cm³/mol. The molecule has 0 bridgehead atoms. The summed E-state index contributed by atoms with van der Waals surface area (Å²) in [6, 6.07) is 6.88. The third-order valence-electron chi connectivity index (χ3n) is 2.95. The Balaban J connectivity index is 2.29. The number of nitrogens with one attached hydrogen (secondary N) is 2. The maximum atomic E-state index is 11.8. The van der Waals surface area contributed by atoms with Crippen molar-refractivity contribution in [2.45, 2.75) is 32.8 Å². The first-order chi connectivity index (χ1) is 10.9. The van der Waals surface area contributed by atoms with Crippen LogP contribution >= 0.6 is 15.9 Å². The summed E-state index contributed by atoms with van der Waals surface area (Å²) in [4.78, 5) is 35.0. The predicted octanol–water partition coefficient (Wildman–Crippen LogP) is 2.03. The van der Waals surface area contributed by atoms with E-state index in [1.165, 1.54) is 6.92 Å². The van der Waals surface area contributed by atoms with Crippen LogP contribution in [0.15, 0.2) is 28.7 Å². The Bertz CT molecular complexity index is 546. The fourth-order valence-electron chi connectivity index (χ4n) is 1.68. The fraction of sp³-hybridized carbons (Fsp3) is 0.438. The molecule has 1 atom stereocenters. The van der Waals surface area contributed by atoms with Crippen molar-refractivity contribution in [3.05, 3.63) is 34.3 Å². The fourth-order valence-corrected chi connectivity index (χ4v) is 1.95. The number of amides is 2. The molecule has 0 aliphatic heterocycles. The SMILES string of the molecule is CCCNC(=O)[C@H](C)OC(=O)CCNC(=O)c1ccc(Br)cc1. The normalized spacial score (nSPS) is 11.4. The molecule has 0 saturated carbocycles. The van der Waals surface area contributed by atoms with Crippen molar-refractivity contribution in [2.75, 3.05) is 13.1 Å². The summed E-state index contributed by atoms with van der Waals surface area (Å²) in [5.41, 5.74) is 0.508. The van der Waals surface area contributed by atoms with Gasteiger partial charge in [-0.3, -0.25) is 14.4 Å². The van der Waals surface area contributed by atoms with Crippen molar-refractivity contribution < 1.29 is 19.1 Å². The van der Waals surface area contributed by atoms with Crippen molar-refractivity contribution >= 4 is 33.7 Å². The van der Waals surface area contributed by atoms with E-state index in [2.05, 4.69) is 26.6 Å². The van der Waals surface area contributed by atoms with Crippen LogP contribution in [-0.2, 0) is 14.3 Å². The Morgan fingerprint density at radius 3 is 2.39 bits per heavy atom. The summed E-state index contributed by atoms with van der Waals surface area (Å²) in [6.45, 7) is 4.15. The summed E-state index contributed by atoms with van der Waals surface area (Å²) in [7, 11) is 0. The average molecular weight is 385 g/mol. The number of hydrogen-bond donors (Lipinski definition) is 2. The molecule has 7 heteroatoms. The van der Waals surface area contributed by atoms with Crippen LogP contribution in [0, 0.1) is 0 Å². The molecule has 0 unspecified atom stereocenters. The van der Waals surface area contributed by atoms with Crippen molar-refractivity contribution in [3.63, 3.8) is 0 Å². The minimum absolute atomic E-state index is 0.00760. The van der Waals surface area contributed by atoms with Gasteiger partial charge in [-0.15, -0.1) is 0 Å². The van der Waals surface area contributed by atoms with Gasteiger partial charge in [-0.25, -0.2) is 0 Å². The maximum absolute atomic E-state index is 11.8. The molecule has 0 saturated heterocycles. The number of rotatable bonds is 8. The lowest BCUT2D eigenvalue weighted by atomic mass is 10.2. The number of benzene rings is 1. The number of halogens is 1. The van der Waals surface area contributed by atoms with E-state index in [0.717, 1.165) is 10.9 Å². The van der Waals surface area contributed by atoms with Gasteiger partial charge in [-0.05, 0) is 37.6 Å². The Kier molecular flexibility index (Phi) is 8.32. The summed E-state index contributed by atoms with van der Waals surface area (Å²) < 4.78 is 5.89. The molecule has 2 N–H and O–H groups in total. The number of carbonyl (C=O) groups is 3. The van der Waals surface area contributed by atoms with E-state index in [1.807, 2.05) is 6.92 Å². The van der Waals surface area contributed by atoms with Crippen molar-refractivity contribution in [2.24, 2.45) is 0 Å². The lowest BCUT2D eigenvalue weighted by Crippen LogP contribution is -2.36. The first kappa shape index (κ1) is 19.2. The largest absolute Gasteiger partial charge is 0.452 e.